The predicted octanol–water partition coefficient (Wildman–Crippen LogP) is 3.56. The molecule has 6 nitrogen and oxygen atoms in total. The zero-order valence-electron chi connectivity index (χ0n) is 18.6. The van der Waals surface area contributed by atoms with Gasteiger partial charge >= 0.3 is 5.69 Å². The summed E-state index contributed by atoms with van der Waals surface area (Å²) in [5, 5.41) is 6.23. The van der Waals surface area contributed by atoms with Gasteiger partial charge in [0.05, 0.1) is 18.0 Å². The summed E-state index contributed by atoms with van der Waals surface area (Å²) in [5.74, 6) is 1.92. The van der Waals surface area contributed by atoms with Crippen molar-refractivity contribution in [3.63, 3.8) is 0 Å². The van der Waals surface area contributed by atoms with Gasteiger partial charge in [-0.3, -0.25) is 9.36 Å². The summed E-state index contributed by atoms with van der Waals surface area (Å²) in [6.45, 7) is 1.36. The van der Waals surface area contributed by atoms with E-state index in [9.17, 15) is 9.59 Å². The average molecular weight is 442 g/mol. The summed E-state index contributed by atoms with van der Waals surface area (Å²) in [6, 6.07) is 18.2. The molecule has 1 aliphatic carbocycles. The van der Waals surface area contributed by atoms with E-state index in [1.165, 1.54) is 15.7 Å². The fourth-order valence-electron chi connectivity index (χ4n) is 6.01. The average Bonchev–Trinajstić information content (AvgIpc) is 3.26. The lowest BCUT2D eigenvalue weighted by atomic mass is 9.73. The van der Waals surface area contributed by atoms with E-state index in [1.54, 1.807) is 7.11 Å². The number of methoxy groups -OCH3 is 1. The Bertz CT molecular complexity index is 1490. The third-order valence-electron chi connectivity index (χ3n) is 7.61. The van der Waals surface area contributed by atoms with Crippen LogP contribution in [0.3, 0.4) is 0 Å². The zero-order valence-corrected chi connectivity index (χ0v) is 18.6. The maximum atomic E-state index is 13.3. The third-order valence-corrected chi connectivity index (χ3v) is 7.61. The molecular weight excluding hydrogens is 414 g/mol. The first-order valence-electron chi connectivity index (χ1n) is 11.7. The van der Waals surface area contributed by atoms with Gasteiger partial charge in [0.2, 0.25) is 0 Å². The van der Waals surface area contributed by atoms with Crippen LogP contribution in [0.25, 0.3) is 21.7 Å². The molecule has 0 bridgehead atoms. The molecule has 1 fully saturated rings. The Kier molecular flexibility index (Phi) is 4.84. The van der Waals surface area contributed by atoms with Gasteiger partial charge in [-0.2, -0.15) is 0 Å². The minimum atomic E-state index is -0.344. The Hall–Kier alpha value is -3.38. The summed E-state index contributed by atoms with van der Waals surface area (Å²) < 4.78 is 6.98. The molecule has 6 rings (SSSR count). The summed E-state index contributed by atoms with van der Waals surface area (Å²) in [7, 11) is 1.73. The van der Waals surface area contributed by atoms with Gasteiger partial charge in [0.15, 0.2) is 0 Å². The predicted molar refractivity (Wildman–Crippen MR) is 130 cm³/mol. The molecule has 3 aromatic carbocycles. The van der Waals surface area contributed by atoms with E-state index in [0.717, 1.165) is 42.3 Å². The lowest BCUT2D eigenvalue weighted by Crippen LogP contribution is -2.38. The molecule has 2 aliphatic rings. The number of fused-ring (bicyclic) bond motifs is 5. The standard InChI is InChI=1S/C27H27N3O3/c1-33-24-8-4-7-20-19(24)10-9-18-15-28-22(25(18)20)11-12-30-26(31)21-13-16-5-2-3-6-17(16)14-23(21)29-27(30)32/h2-8,13-14,18,22,25,28H,9-12,15H2,1H3,(H,29,32). The van der Waals surface area contributed by atoms with Crippen LogP contribution in [0.4, 0.5) is 0 Å². The second-order valence-corrected chi connectivity index (χ2v) is 9.29. The molecular formula is C27H27N3O3. The number of rotatable bonds is 4. The van der Waals surface area contributed by atoms with Crippen LogP contribution in [-0.4, -0.2) is 29.2 Å². The fraction of sp³-hybridized carbons (Fsp3) is 0.333. The zero-order chi connectivity index (χ0) is 22.5. The Morgan fingerprint density at radius 1 is 1.06 bits per heavy atom. The van der Waals surface area contributed by atoms with Crippen molar-refractivity contribution >= 4 is 21.7 Å². The first-order valence-corrected chi connectivity index (χ1v) is 11.7. The molecule has 0 radical (unpaired) electrons. The van der Waals surface area contributed by atoms with Crippen molar-refractivity contribution in [1.82, 2.24) is 14.9 Å². The molecule has 3 atom stereocenters. The molecule has 0 amide bonds. The van der Waals surface area contributed by atoms with Gasteiger partial charge < -0.3 is 15.0 Å². The molecule has 2 N–H and O–H groups in total. The Balaban J connectivity index is 1.33. The van der Waals surface area contributed by atoms with Gasteiger partial charge in [0.1, 0.15) is 5.75 Å². The van der Waals surface area contributed by atoms with Crippen molar-refractivity contribution in [3.8, 4) is 5.75 Å². The minimum Gasteiger partial charge on any atom is -0.496 e. The molecule has 1 aliphatic heterocycles. The molecule has 0 saturated carbocycles. The molecule has 0 spiro atoms. The second kappa shape index (κ2) is 7.89. The van der Waals surface area contributed by atoms with Crippen molar-refractivity contribution in [2.75, 3.05) is 13.7 Å². The van der Waals surface area contributed by atoms with Crippen LogP contribution in [-0.2, 0) is 13.0 Å². The Morgan fingerprint density at radius 2 is 1.88 bits per heavy atom. The van der Waals surface area contributed by atoms with Crippen molar-refractivity contribution in [3.05, 3.63) is 86.6 Å². The molecule has 33 heavy (non-hydrogen) atoms. The van der Waals surface area contributed by atoms with Crippen LogP contribution in [0.1, 0.15) is 29.9 Å². The summed E-state index contributed by atoms with van der Waals surface area (Å²) >= 11 is 0. The first kappa shape index (κ1) is 20.2. The lowest BCUT2D eigenvalue weighted by Gasteiger charge is -2.32. The van der Waals surface area contributed by atoms with Gasteiger partial charge in [-0.1, -0.05) is 36.4 Å². The van der Waals surface area contributed by atoms with Crippen LogP contribution < -0.4 is 21.3 Å². The largest absolute Gasteiger partial charge is 0.496 e. The summed E-state index contributed by atoms with van der Waals surface area (Å²) in [5.41, 5.74) is 2.68. The topological polar surface area (TPSA) is 76.1 Å². The highest BCUT2D eigenvalue weighted by atomic mass is 16.5. The maximum absolute atomic E-state index is 13.3. The monoisotopic (exact) mass is 441 g/mol. The summed E-state index contributed by atoms with van der Waals surface area (Å²) in [6.07, 6.45) is 2.89. The van der Waals surface area contributed by atoms with E-state index in [4.69, 9.17) is 4.74 Å². The second-order valence-electron chi connectivity index (χ2n) is 9.29. The first-order chi connectivity index (χ1) is 16.1. The normalized spacial score (nSPS) is 21.8. The molecule has 3 unspecified atom stereocenters. The fourth-order valence-corrected chi connectivity index (χ4v) is 6.01. The van der Waals surface area contributed by atoms with E-state index in [0.29, 0.717) is 29.3 Å². The van der Waals surface area contributed by atoms with E-state index in [-0.39, 0.29) is 17.3 Å². The van der Waals surface area contributed by atoms with Crippen LogP contribution in [0, 0.1) is 5.92 Å². The number of benzene rings is 3. The molecule has 1 aromatic heterocycles. The van der Waals surface area contributed by atoms with Gasteiger partial charge in [-0.15, -0.1) is 0 Å². The van der Waals surface area contributed by atoms with Gasteiger partial charge in [-0.25, -0.2) is 4.79 Å². The molecule has 1 saturated heterocycles. The molecule has 6 heteroatoms. The van der Waals surface area contributed by atoms with E-state index in [1.807, 2.05) is 42.5 Å². The van der Waals surface area contributed by atoms with E-state index >= 15 is 0 Å². The SMILES string of the molecule is COc1cccc2c1CCC1CNC(CCn3c(=O)[nH]c4cc5ccccc5cc4c3=O)C21. The Labute approximate surface area is 191 Å². The van der Waals surface area contributed by atoms with Crippen molar-refractivity contribution in [2.45, 2.75) is 37.8 Å². The Morgan fingerprint density at radius 3 is 2.70 bits per heavy atom. The smallest absolute Gasteiger partial charge is 0.328 e. The van der Waals surface area contributed by atoms with Gasteiger partial charge in [-0.05, 0) is 71.8 Å². The number of nitrogens with one attached hydrogen (secondary N) is 2. The highest BCUT2D eigenvalue weighted by molar-refractivity contribution is 5.95. The number of aromatic amines is 1. The highest BCUT2D eigenvalue weighted by Crippen LogP contribution is 2.45. The van der Waals surface area contributed by atoms with Gasteiger partial charge in [0, 0.05) is 18.5 Å². The quantitative estimate of drug-likeness (QED) is 0.475. The van der Waals surface area contributed by atoms with Crippen molar-refractivity contribution in [2.24, 2.45) is 5.92 Å². The molecule has 4 aromatic rings. The van der Waals surface area contributed by atoms with Crippen LogP contribution in [0.2, 0.25) is 0 Å². The van der Waals surface area contributed by atoms with Gasteiger partial charge in [0.25, 0.3) is 5.56 Å². The molecule has 2 heterocycles. The maximum Gasteiger partial charge on any atom is 0.328 e. The van der Waals surface area contributed by atoms with E-state index < -0.39 is 0 Å². The third kappa shape index (κ3) is 3.28. The highest BCUT2D eigenvalue weighted by Gasteiger charge is 2.40. The number of hydrogen-bond acceptors (Lipinski definition) is 4. The van der Waals surface area contributed by atoms with Crippen molar-refractivity contribution in [1.29, 1.82) is 0 Å². The van der Waals surface area contributed by atoms with Crippen LogP contribution >= 0.6 is 0 Å². The molecule has 168 valence electrons. The van der Waals surface area contributed by atoms with E-state index in [2.05, 4.69) is 22.4 Å². The van der Waals surface area contributed by atoms with Crippen LogP contribution in [0.5, 0.6) is 5.75 Å². The number of hydrogen-bond donors (Lipinski definition) is 2. The van der Waals surface area contributed by atoms with Crippen LogP contribution in [0.15, 0.2) is 64.2 Å². The number of nitrogens with zero attached hydrogens (tertiary/aromatic N) is 1. The lowest BCUT2D eigenvalue weighted by molar-refractivity contribution is 0.371. The number of ether oxygens (including phenoxy) is 1. The minimum absolute atomic E-state index is 0.222. The van der Waals surface area contributed by atoms with Crippen molar-refractivity contribution < 1.29 is 4.74 Å². The number of H-pyrrole nitrogens is 1. The summed E-state index contributed by atoms with van der Waals surface area (Å²) in [4.78, 5) is 29.0. The number of aromatic nitrogens is 2.